The van der Waals surface area contributed by atoms with Crippen LogP contribution < -0.4 is 16.4 Å². The van der Waals surface area contributed by atoms with Gasteiger partial charge in [0.1, 0.15) is 0 Å². The van der Waals surface area contributed by atoms with E-state index in [2.05, 4.69) is 15.6 Å². The highest BCUT2D eigenvalue weighted by Gasteiger charge is 1.87. The summed E-state index contributed by atoms with van der Waals surface area (Å²) >= 11 is 0. The highest BCUT2D eigenvalue weighted by atomic mass is 35.5. The van der Waals surface area contributed by atoms with Gasteiger partial charge >= 0.3 is 0 Å². The van der Waals surface area contributed by atoms with Crippen molar-refractivity contribution in [3.63, 3.8) is 0 Å². The lowest BCUT2D eigenvalue weighted by molar-refractivity contribution is 0.843. The summed E-state index contributed by atoms with van der Waals surface area (Å²) in [5.74, 6) is 0.778. The fourth-order valence-electron chi connectivity index (χ4n) is 0.470. The molecule has 0 atom stereocenters. The van der Waals surface area contributed by atoms with E-state index in [0.29, 0.717) is 6.54 Å². The first-order chi connectivity index (χ1) is 4.35. The standard InChI is InChI=1S/C5H14N4.ClH/c1-7-5(8-2)9-4-3-6;/h3-4,6H2,1-2H3,(H2,7,8,9);1H. The number of nitrogens with one attached hydrogen (secondary N) is 2. The Labute approximate surface area is 67.7 Å². The van der Waals surface area contributed by atoms with Gasteiger partial charge in [0.15, 0.2) is 5.96 Å². The van der Waals surface area contributed by atoms with Gasteiger partial charge in [0.25, 0.3) is 0 Å². The second-order valence-corrected chi connectivity index (χ2v) is 1.54. The molecule has 0 rings (SSSR count). The van der Waals surface area contributed by atoms with Crippen LogP contribution in [0.5, 0.6) is 0 Å². The van der Waals surface area contributed by atoms with E-state index in [1.165, 1.54) is 0 Å². The van der Waals surface area contributed by atoms with Crippen molar-refractivity contribution < 1.29 is 0 Å². The molecule has 0 aromatic heterocycles. The van der Waals surface area contributed by atoms with E-state index < -0.39 is 0 Å². The van der Waals surface area contributed by atoms with Crippen molar-refractivity contribution in [2.75, 3.05) is 27.2 Å². The Morgan fingerprint density at radius 1 is 1.60 bits per heavy atom. The molecule has 0 amide bonds. The second kappa shape index (κ2) is 8.52. The lowest BCUT2D eigenvalue weighted by Crippen LogP contribution is -2.37. The van der Waals surface area contributed by atoms with Crippen LogP contribution in [-0.4, -0.2) is 33.1 Å². The summed E-state index contributed by atoms with van der Waals surface area (Å²) in [4.78, 5) is 3.88. The monoisotopic (exact) mass is 166 g/mol. The maximum absolute atomic E-state index is 5.24. The van der Waals surface area contributed by atoms with Gasteiger partial charge in [-0.3, -0.25) is 4.99 Å². The molecule has 0 aromatic carbocycles. The summed E-state index contributed by atoms with van der Waals surface area (Å²) in [6.07, 6.45) is 0. The van der Waals surface area contributed by atoms with Crippen molar-refractivity contribution in [1.29, 1.82) is 0 Å². The Kier molecular flexibility index (Phi) is 10.4. The van der Waals surface area contributed by atoms with Gasteiger partial charge in [-0.05, 0) is 0 Å². The van der Waals surface area contributed by atoms with E-state index in [0.717, 1.165) is 12.5 Å². The largest absolute Gasteiger partial charge is 0.359 e. The molecule has 0 aromatic rings. The summed E-state index contributed by atoms with van der Waals surface area (Å²) in [6, 6.07) is 0. The molecule has 0 unspecified atom stereocenters. The van der Waals surface area contributed by atoms with Crippen molar-refractivity contribution in [2.24, 2.45) is 10.7 Å². The molecule has 10 heavy (non-hydrogen) atoms. The molecule has 0 bridgehead atoms. The lowest BCUT2D eigenvalue weighted by Gasteiger charge is -2.05. The van der Waals surface area contributed by atoms with E-state index in [-0.39, 0.29) is 12.4 Å². The third kappa shape index (κ3) is 5.65. The minimum absolute atomic E-state index is 0. The molecule has 0 aliphatic rings. The Bertz CT molecular complexity index is 93.6. The van der Waals surface area contributed by atoms with Crippen molar-refractivity contribution >= 4 is 18.4 Å². The van der Waals surface area contributed by atoms with Gasteiger partial charge in [0, 0.05) is 27.2 Å². The third-order valence-corrected chi connectivity index (χ3v) is 0.897. The Morgan fingerprint density at radius 2 is 2.20 bits per heavy atom. The second-order valence-electron chi connectivity index (χ2n) is 1.54. The number of aliphatic imine (C=N–C) groups is 1. The number of nitrogens with two attached hydrogens (primary N) is 1. The van der Waals surface area contributed by atoms with Gasteiger partial charge in [0.2, 0.25) is 0 Å². The normalized spacial score (nSPS) is 10.1. The molecule has 0 fully saturated rings. The molecule has 4 N–H and O–H groups in total. The summed E-state index contributed by atoms with van der Waals surface area (Å²) in [5, 5.41) is 5.85. The minimum atomic E-state index is 0. The smallest absolute Gasteiger partial charge is 0.190 e. The lowest BCUT2D eigenvalue weighted by atomic mass is 10.6. The molecule has 4 nitrogen and oxygen atoms in total. The zero-order valence-electron chi connectivity index (χ0n) is 6.35. The number of hydrogen-bond donors (Lipinski definition) is 3. The van der Waals surface area contributed by atoms with Crippen LogP contribution >= 0.6 is 12.4 Å². The molecule has 0 saturated heterocycles. The SMILES string of the molecule is CN=C(NC)NCCN.Cl. The number of rotatable bonds is 2. The average molecular weight is 167 g/mol. The van der Waals surface area contributed by atoms with Gasteiger partial charge < -0.3 is 16.4 Å². The van der Waals surface area contributed by atoms with Gasteiger partial charge in [-0.15, -0.1) is 12.4 Å². The Morgan fingerprint density at radius 3 is 2.50 bits per heavy atom. The van der Waals surface area contributed by atoms with Crippen LogP contribution in [-0.2, 0) is 0 Å². The predicted molar refractivity (Wildman–Crippen MR) is 46.7 cm³/mol. The van der Waals surface area contributed by atoms with E-state index in [9.17, 15) is 0 Å². The number of guanidine groups is 1. The molecule has 0 aliphatic carbocycles. The first-order valence-corrected chi connectivity index (χ1v) is 2.93. The fraction of sp³-hybridized carbons (Fsp3) is 0.800. The zero-order valence-corrected chi connectivity index (χ0v) is 7.16. The highest BCUT2D eigenvalue weighted by molar-refractivity contribution is 5.85. The van der Waals surface area contributed by atoms with E-state index in [1.807, 2.05) is 7.05 Å². The van der Waals surface area contributed by atoms with Crippen molar-refractivity contribution in [2.45, 2.75) is 0 Å². The number of hydrogen-bond acceptors (Lipinski definition) is 2. The molecule has 0 spiro atoms. The molecule has 62 valence electrons. The molecular formula is C5H15ClN4. The van der Waals surface area contributed by atoms with Crippen LogP contribution in [0, 0.1) is 0 Å². The maximum atomic E-state index is 5.24. The predicted octanol–water partition coefficient (Wildman–Crippen LogP) is -0.838. The van der Waals surface area contributed by atoms with Crippen LogP contribution in [0.25, 0.3) is 0 Å². The van der Waals surface area contributed by atoms with E-state index >= 15 is 0 Å². The highest BCUT2D eigenvalue weighted by Crippen LogP contribution is 1.60. The average Bonchev–Trinajstić information content (AvgIpc) is 1.91. The fourth-order valence-corrected chi connectivity index (χ4v) is 0.470. The van der Waals surface area contributed by atoms with Gasteiger partial charge in [-0.1, -0.05) is 0 Å². The van der Waals surface area contributed by atoms with Crippen LogP contribution in [0.2, 0.25) is 0 Å². The van der Waals surface area contributed by atoms with Crippen LogP contribution in [0.1, 0.15) is 0 Å². The number of nitrogens with zero attached hydrogens (tertiary/aromatic N) is 1. The summed E-state index contributed by atoms with van der Waals surface area (Å²) in [6.45, 7) is 1.38. The number of halogens is 1. The van der Waals surface area contributed by atoms with Crippen molar-refractivity contribution in [3.05, 3.63) is 0 Å². The topological polar surface area (TPSA) is 62.4 Å². The summed E-state index contributed by atoms with van der Waals surface area (Å²) < 4.78 is 0. The first kappa shape index (κ1) is 12.2. The van der Waals surface area contributed by atoms with Crippen LogP contribution in [0.3, 0.4) is 0 Å². The Balaban J connectivity index is 0. The molecule has 0 saturated carbocycles. The van der Waals surface area contributed by atoms with Gasteiger partial charge in [0.05, 0.1) is 0 Å². The maximum Gasteiger partial charge on any atom is 0.190 e. The zero-order chi connectivity index (χ0) is 7.11. The Hall–Kier alpha value is -0.480. The van der Waals surface area contributed by atoms with E-state index in [1.54, 1.807) is 7.05 Å². The quantitative estimate of drug-likeness (QED) is 0.371. The molecule has 0 heterocycles. The van der Waals surface area contributed by atoms with Crippen LogP contribution in [0.15, 0.2) is 4.99 Å². The first-order valence-electron chi connectivity index (χ1n) is 2.93. The molecular weight excluding hydrogens is 152 g/mol. The van der Waals surface area contributed by atoms with Crippen LogP contribution in [0.4, 0.5) is 0 Å². The van der Waals surface area contributed by atoms with Gasteiger partial charge in [-0.25, -0.2) is 0 Å². The molecule has 0 aliphatic heterocycles. The van der Waals surface area contributed by atoms with E-state index in [4.69, 9.17) is 5.73 Å². The van der Waals surface area contributed by atoms with Gasteiger partial charge in [-0.2, -0.15) is 0 Å². The third-order valence-electron chi connectivity index (χ3n) is 0.897. The summed E-state index contributed by atoms with van der Waals surface area (Å²) in [5.41, 5.74) is 5.24. The molecule has 5 heteroatoms. The minimum Gasteiger partial charge on any atom is -0.359 e. The van der Waals surface area contributed by atoms with Crippen molar-refractivity contribution in [3.8, 4) is 0 Å². The van der Waals surface area contributed by atoms with Crippen molar-refractivity contribution in [1.82, 2.24) is 10.6 Å². The summed E-state index contributed by atoms with van der Waals surface area (Å²) in [7, 11) is 3.53. The molecule has 0 radical (unpaired) electrons.